The molecule has 0 atom stereocenters. The highest BCUT2D eigenvalue weighted by molar-refractivity contribution is 9.10. The van der Waals surface area contributed by atoms with Crippen LogP contribution in [0.4, 0.5) is 5.69 Å². The molecule has 1 aromatic carbocycles. The van der Waals surface area contributed by atoms with Gasteiger partial charge in [0.25, 0.3) is 5.91 Å². The van der Waals surface area contributed by atoms with Crippen LogP contribution in [0.25, 0.3) is 0 Å². The first-order chi connectivity index (χ1) is 8.56. The second-order valence-electron chi connectivity index (χ2n) is 3.44. The van der Waals surface area contributed by atoms with Gasteiger partial charge in [-0.3, -0.25) is 9.78 Å². The largest absolute Gasteiger partial charge is 0.319 e. The average Bonchev–Trinajstić information content (AvgIpc) is 2.34. The quantitative estimate of drug-likeness (QED) is 0.876. The molecule has 0 aliphatic carbocycles. The van der Waals surface area contributed by atoms with Crippen molar-refractivity contribution >= 4 is 50.7 Å². The number of benzene rings is 1. The van der Waals surface area contributed by atoms with E-state index in [4.69, 9.17) is 23.2 Å². The van der Waals surface area contributed by atoms with E-state index >= 15 is 0 Å². The Labute approximate surface area is 122 Å². The Morgan fingerprint density at radius 3 is 2.72 bits per heavy atom. The number of aromatic nitrogens is 1. The van der Waals surface area contributed by atoms with Crippen molar-refractivity contribution in [3.05, 3.63) is 56.7 Å². The Morgan fingerprint density at radius 2 is 2.00 bits per heavy atom. The summed E-state index contributed by atoms with van der Waals surface area (Å²) in [5.74, 6) is -0.363. The van der Waals surface area contributed by atoms with Gasteiger partial charge in [0.2, 0.25) is 0 Å². The molecule has 0 fully saturated rings. The molecule has 3 nitrogen and oxygen atoms in total. The number of pyridine rings is 1. The van der Waals surface area contributed by atoms with Crippen LogP contribution in [0.15, 0.2) is 41.0 Å². The third-order valence-electron chi connectivity index (χ3n) is 2.13. The molecule has 0 spiro atoms. The van der Waals surface area contributed by atoms with Crippen LogP contribution < -0.4 is 5.32 Å². The second-order valence-corrected chi connectivity index (χ2v) is 5.20. The molecule has 1 heterocycles. The van der Waals surface area contributed by atoms with Crippen molar-refractivity contribution < 1.29 is 4.79 Å². The first-order valence-corrected chi connectivity index (χ1v) is 6.49. The summed E-state index contributed by atoms with van der Waals surface area (Å²) in [5, 5.41) is 3.58. The van der Waals surface area contributed by atoms with Crippen molar-refractivity contribution in [1.29, 1.82) is 0 Å². The zero-order valence-corrected chi connectivity index (χ0v) is 12.1. The van der Waals surface area contributed by atoms with Crippen molar-refractivity contribution in [3.63, 3.8) is 0 Å². The molecule has 0 unspecified atom stereocenters. The summed E-state index contributed by atoms with van der Waals surface area (Å²) in [6.07, 6.45) is 1.47. The minimum atomic E-state index is -0.363. The minimum absolute atomic E-state index is 0.235. The molecule has 0 aliphatic rings. The summed E-state index contributed by atoms with van der Waals surface area (Å²) in [6, 6.07) is 8.28. The summed E-state index contributed by atoms with van der Waals surface area (Å²) in [7, 11) is 0. The summed E-state index contributed by atoms with van der Waals surface area (Å²) in [5.41, 5.74) is 0.747. The summed E-state index contributed by atoms with van der Waals surface area (Å²) < 4.78 is 0.821. The number of rotatable bonds is 2. The van der Waals surface area contributed by atoms with Gasteiger partial charge in [0.05, 0.1) is 10.7 Å². The molecule has 92 valence electrons. The first kappa shape index (κ1) is 13.3. The van der Waals surface area contributed by atoms with Gasteiger partial charge in [0.1, 0.15) is 5.69 Å². The Balaban J connectivity index is 2.24. The monoisotopic (exact) mass is 344 g/mol. The number of hydrogen-bond acceptors (Lipinski definition) is 2. The van der Waals surface area contributed by atoms with Crippen molar-refractivity contribution in [2.45, 2.75) is 0 Å². The van der Waals surface area contributed by atoms with E-state index in [9.17, 15) is 4.79 Å². The Bertz CT molecular complexity index is 604. The number of anilines is 1. The minimum Gasteiger partial charge on any atom is -0.319 e. The van der Waals surface area contributed by atoms with Crippen LogP contribution in [0.5, 0.6) is 0 Å². The van der Waals surface area contributed by atoms with Crippen molar-refractivity contribution in [3.8, 4) is 0 Å². The van der Waals surface area contributed by atoms with E-state index < -0.39 is 0 Å². The molecule has 1 N–H and O–H groups in total. The van der Waals surface area contributed by atoms with Gasteiger partial charge in [-0.2, -0.15) is 0 Å². The van der Waals surface area contributed by atoms with Crippen LogP contribution in [0.2, 0.25) is 10.0 Å². The highest BCUT2D eigenvalue weighted by atomic mass is 79.9. The number of amides is 1. The summed E-state index contributed by atoms with van der Waals surface area (Å²) in [4.78, 5) is 15.9. The molecule has 2 aromatic rings. The fourth-order valence-electron chi connectivity index (χ4n) is 1.31. The topological polar surface area (TPSA) is 42.0 Å². The molecule has 6 heteroatoms. The smallest absolute Gasteiger partial charge is 0.274 e. The molecular weight excluding hydrogens is 339 g/mol. The number of halogens is 3. The molecule has 0 aliphatic heterocycles. The molecule has 0 saturated carbocycles. The Hall–Kier alpha value is -1.10. The molecule has 18 heavy (non-hydrogen) atoms. The van der Waals surface area contributed by atoms with Gasteiger partial charge in [0.15, 0.2) is 0 Å². The third-order valence-corrected chi connectivity index (χ3v) is 3.19. The molecule has 1 amide bonds. The van der Waals surface area contributed by atoms with Crippen LogP contribution in [-0.4, -0.2) is 10.9 Å². The van der Waals surface area contributed by atoms with Gasteiger partial charge >= 0.3 is 0 Å². The molecule has 0 saturated heterocycles. The zero-order chi connectivity index (χ0) is 13.1. The number of carbonyl (C=O) groups excluding carboxylic acids is 1. The van der Waals surface area contributed by atoms with E-state index in [-0.39, 0.29) is 11.6 Å². The molecule has 2 rings (SSSR count). The van der Waals surface area contributed by atoms with Crippen LogP contribution in [0.3, 0.4) is 0 Å². The fraction of sp³-hybridized carbons (Fsp3) is 0. The van der Waals surface area contributed by atoms with E-state index in [1.165, 1.54) is 12.3 Å². The number of hydrogen-bond donors (Lipinski definition) is 1. The predicted octanol–water partition coefficient (Wildman–Crippen LogP) is 4.40. The number of nitrogens with one attached hydrogen (secondary N) is 1. The SMILES string of the molecule is O=C(Nc1cc(Br)ccc1Cl)c1cc(Cl)ccn1. The molecule has 1 aromatic heterocycles. The van der Waals surface area contributed by atoms with Crippen LogP contribution >= 0.6 is 39.1 Å². The maximum atomic E-state index is 11.9. The van der Waals surface area contributed by atoms with E-state index in [1.807, 2.05) is 0 Å². The molecule has 0 radical (unpaired) electrons. The lowest BCUT2D eigenvalue weighted by molar-refractivity contribution is 0.102. The first-order valence-electron chi connectivity index (χ1n) is 4.94. The van der Waals surface area contributed by atoms with Gasteiger partial charge in [-0.25, -0.2) is 0 Å². The highest BCUT2D eigenvalue weighted by Gasteiger charge is 2.10. The van der Waals surface area contributed by atoms with Crippen LogP contribution in [-0.2, 0) is 0 Å². The van der Waals surface area contributed by atoms with Crippen LogP contribution in [0, 0.1) is 0 Å². The number of nitrogens with zero attached hydrogens (tertiary/aromatic N) is 1. The fourth-order valence-corrected chi connectivity index (χ4v) is 1.99. The van der Waals surface area contributed by atoms with Gasteiger partial charge in [-0.15, -0.1) is 0 Å². The maximum Gasteiger partial charge on any atom is 0.274 e. The number of carbonyl (C=O) groups is 1. The zero-order valence-electron chi connectivity index (χ0n) is 8.95. The van der Waals surface area contributed by atoms with E-state index in [0.29, 0.717) is 15.7 Å². The Morgan fingerprint density at radius 1 is 1.22 bits per heavy atom. The summed E-state index contributed by atoms with van der Waals surface area (Å²) in [6.45, 7) is 0. The Kier molecular flexibility index (Phi) is 4.22. The van der Waals surface area contributed by atoms with Gasteiger partial charge in [-0.05, 0) is 30.3 Å². The molecule has 0 bridgehead atoms. The lowest BCUT2D eigenvalue weighted by atomic mass is 10.3. The summed E-state index contributed by atoms with van der Waals surface area (Å²) >= 11 is 15.1. The van der Waals surface area contributed by atoms with Gasteiger partial charge in [0, 0.05) is 15.7 Å². The lowest BCUT2D eigenvalue weighted by Crippen LogP contribution is -2.13. The standard InChI is InChI=1S/C12H7BrCl2N2O/c13-7-1-2-9(15)10(5-7)17-12(18)11-6-8(14)3-4-16-11/h1-6H,(H,17,18). The van der Waals surface area contributed by atoms with Gasteiger partial charge < -0.3 is 5.32 Å². The van der Waals surface area contributed by atoms with E-state index in [1.54, 1.807) is 24.3 Å². The molecular formula is C12H7BrCl2N2O. The van der Waals surface area contributed by atoms with E-state index in [0.717, 1.165) is 4.47 Å². The van der Waals surface area contributed by atoms with Crippen LogP contribution in [0.1, 0.15) is 10.5 Å². The maximum absolute atomic E-state index is 11.9. The van der Waals surface area contributed by atoms with E-state index in [2.05, 4.69) is 26.2 Å². The van der Waals surface area contributed by atoms with Gasteiger partial charge in [-0.1, -0.05) is 39.1 Å². The normalized spacial score (nSPS) is 10.2. The second kappa shape index (κ2) is 5.69. The van der Waals surface area contributed by atoms with Crippen molar-refractivity contribution in [1.82, 2.24) is 4.98 Å². The lowest BCUT2D eigenvalue weighted by Gasteiger charge is -2.07. The predicted molar refractivity (Wildman–Crippen MR) is 76.4 cm³/mol. The third kappa shape index (κ3) is 3.22. The average molecular weight is 346 g/mol. The van der Waals surface area contributed by atoms with Crippen molar-refractivity contribution in [2.75, 3.05) is 5.32 Å². The van der Waals surface area contributed by atoms with Crippen molar-refractivity contribution in [2.24, 2.45) is 0 Å². The highest BCUT2D eigenvalue weighted by Crippen LogP contribution is 2.26.